The molecular weight excluding hydrogens is 276 g/mol. The average molecular weight is 289 g/mol. The van der Waals surface area contributed by atoms with Crippen LogP contribution in [0.2, 0.25) is 0 Å². The summed E-state index contributed by atoms with van der Waals surface area (Å²) in [6.45, 7) is 1.86. The van der Waals surface area contributed by atoms with E-state index in [9.17, 15) is 4.79 Å². The van der Waals surface area contributed by atoms with Crippen LogP contribution in [0.3, 0.4) is 0 Å². The van der Waals surface area contributed by atoms with Gasteiger partial charge in [-0.1, -0.05) is 6.42 Å². The molecule has 2 heterocycles. The molecule has 0 spiro atoms. The first-order chi connectivity index (χ1) is 7.18. The molecule has 1 aromatic rings. The second kappa shape index (κ2) is 4.70. The smallest absolute Gasteiger partial charge is 0.265 e. The van der Waals surface area contributed by atoms with Gasteiger partial charge in [-0.05, 0) is 41.4 Å². The van der Waals surface area contributed by atoms with Crippen LogP contribution in [0.4, 0.5) is 0 Å². The number of aromatic nitrogens is 2. The number of rotatable bonds is 1. The lowest BCUT2D eigenvalue weighted by molar-refractivity contribution is 0.657. The normalized spacial score (nSPS) is 21.6. The maximum Gasteiger partial charge on any atom is 0.265 e. The topological polar surface area (TPSA) is 45.8 Å². The standard InChI is InChI=1S/C10H13BrN2OS/c1-6-8(11)10(14)13-9(12-6)7-4-2-3-5-15-7/h7H,2-5H2,1H3,(H,12,13,14). The first-order valence-corrected chi connectivity index (χ1v) is 6.90. The number of nitrogens with one attached hydrogen (secondary N) is 1. The fraction of sp³-hybridized carbons (Fsp3) is 0.600. The van der Waals surface area contributed by atoms with Crippen molar-refractivity contribution in [2.75, 3.05) is 5.75 Å². The molecule has 0 radical (unpaired) electrons. The predicted molar refractivity (Wildman–Crippen MR) is 66.3 cm³/mol. The van der Waals surface area contributed by atoms with Gasteiger partial charge in [-0.2, -0.15) is 11.8 Å². The number of H-pyrrole nitrogens is 1. The lowest BCUT2D eigenvalue weighted by atomic mass is 10.2. The Hall–Kier alpha value is -0.290. The maximum absolute atomic E-state index is 11.6. The van der Waals surface area contributed by atoms with E-state index in [1.165, 1.54) is 18.6 Å². The Morgan fingerprint density at radius 1 is 1.53 bits per heavy atom. The van der Waals surface area contributed by atoms with Gasteiger partial charge in [0.05, 0.1) is 10.9 Å². The Morgan fingerprint density at radius 3 is 2.93 bits per heavy atom. The van der Waals surface area contributed by atoms with Crippen molar-refractivity contribution in [3.63, 3.8) is 0 Å². The molecule has 1 aliphatic heterocycles. The van der Waals surface area contributed by atoms with Crippen molar-refractivity contribution < 1.29 is 0 Å². The van der Waals surface area contributed by atoms with Gasteiger partial charge in [0, 0.05) is 0 Å². The molecule has 82 valence electrons. The summed E-state index contributed by atoms with van der Waals surface area (Å²) in [6.07, 6.45) is 3.63. The van der Waals surface area contributed by atoms with Gasteiger partial charge in [-0.3, -0.25) is 4.79 Å². The first kappa shape index (κ1) is 11.2. The molecule has 15 heavy (non-hydrogen) atoms. The predicted octanol–water partition coefficient (Wildman–Crippen LogP) is 2.80. The molecule has 0 amide bonds. The number of thioether (sulfide) groups is 1. The highest BCUT2D eigenvalue weighted by Gasteiger charge is 2.19. The Kier molecular flexibility index (Phi) is 3.51. The van der Waals surface area contributed by atoms with Crippen molar-refractivity contribution in [1.29, 1.82) is 0 Å². The van der Waals surface area contributed by atoms with E-state index in [1.807, 2.05) is 18.7 Å². The molecule has 1 aromatic heterocycles. The Morgan fingerprint density at radius 2 is 2.33 bits per heavy atom. The lowest BCUT2D eigenvalue weighted by Crippen LogP contribution is -2.17. The van der Waals surface area contributed by atoms with Gasteiger partial charge in [-0.15, -0.1) is 0 Å². The van der Waals surface area contributed by atoms with Gasteiger partial charge < -0.3 is 4.98 Å². The zero-order valence-electron chi connectivity index (χ0n) is 8.55. The van der Waals surface area contributed by atoms with Crippen molar-refractivity contribution in [3.05, 3.63) is 26.3 Å². The summed E-state index contributed by atoms with van der Waals surface area (Å²) in [5, 5.41) is 0.373. The van der Waals surface area contributed by atoms with E-state index < -0.39 is 0 Å². The quantitative estimate of drug-likeness (QED) is 0.864. The van der Waals surface area contributed by atoms with Gasteiger partial charge >= 0.3 is 0 Å². The van der Waals surface area contributed by atoms with Crippen LogP contribution in [0.25, 0.3) is 0 Å². The highest BCUT2D eigenvalue weighted by molar-refractivity contribution is 9.10. The summed E-state index contributed by atoms with van der Waals surface area (Å²) in [4.78, 5) is 18.8. The highest BCUT2D eigenvalue weighted by Crippen LogP contribution is 2.36. The fourth-order valence-corrected chi connectivity index (χ4v) is 3.15. The first-order valence-electron chi connectivity index (χ1n) is 5.06. The number of halogens is 1. The summed E-state index contributed by atoms with van der Waals surface area (Å²) in [5.74, 6) is 2.01. The number of hydrogen-bond donors (Lipinski definition) is 1. The van der Waals surface area contributed by atoms with E-state index in [2.05, 4.69) is 25.9 Å². The molecule has 1 atom stereocenters. The second-order valence-corrected chi connectivity index (χ2v) is 5.81. The minimum atomic E-state index is -0.0660. The van der Waals surface area contributed by atoms with E-state index in [0.29, 0.717) is 9.72 Å². The van der Waals surface area contributed by atoms with Gasteiger partial charge in [0.2, 0.25) is 0 Å². The molecule has 2 rings (SSSR count). The van der Waals surface area contributed by atoms with E-state index in [1.54, 1.807) is 0 Å². The Bertz CT molecular complexity index is 412. The van der Waals surface area contributed by atoms with Crippen LogP contribution in [-0.2, 0) is 0 Å². The molecule has 5 heteroatoms. The Balaban J connectivity index is 2.32. The summed E-state index contributed by atoms with van der Waals surface area (Å²) in [6, 6.07) is 0. The molecule has 1 N–H and O–H groups in total. The minimum Gasteiger partial charge on any atom is -0.309 e. The fourth-order valence-electron chi connectivity index (χ4n) is 1.70. The third-order valence-electron chi connectivity index (χ3n) is 2.53. The number of aryl methyl sites for hydroxylation is 1. The highest BCUT2D eigenvalue weighted by atomic mass is 79.9. The summed E-state index contributed by atoms with van der Waals surface area (Å²) >= 11 is 5.12. The maximum atomic E-state index is 11.6. The molecule has 0 aromatic carbocycles. The van der Waals surface area contributed by atoms with Crippen molar-refractivity contribution in [2.24, 2.45) is 0 Å². The van der Waals surface area contributed by atoms with Crippen molar-refractivity contribution in [2.45, 2.75) is 31.4 Å². The van der Waals surface area contributed by atoms with Crippen LogP contribution < -0.4 is 5.56 Å². The molecule has 1 fully saturated rings. The summed E-state index contributed by atoms with van der Waals surface area (Å²) in [7, 11) is 0. The third kappa shape index (κ3) is 2.45. The van der Waals surface area contributed by atoms with E-state index in [-0.39, 0.29) is 5.56 Å². The van der Waals surface area contributed by atoms with Crippen LogP contribution >= 0.6 is 27.7 Å². The van der Waals surface area contributed by atoms with Gasteiger partial charge in [0.15, 0.2) is 0 Å². The van der Waals surface area contributed by atoms with Gasteiger partial charge in [-0.25, -0.2) is 4.98 Å². The van der Waals surface area contributed by atoms with Gasteiger partial charge in [0.1, 0.15) is 10.3 Å². The molecule has 0 aliphatic carbocycles. The molecule has 1 saturated heterocycles. The molecule has 1 unspecified atom stereocenters. The molecular formula is C10H13BrN2OS. The van der Waals surface area contributed by atoms with E-state index in [4.69, 9.17) is 0 Å². The zero-order valence-corrected chi connectivity index (χ0v) is 10.9. The monoisotopic (exact) mass is 288 g/mol. The van der Waals surface area contributed by atoms with Crippen molar-refractivity contribution in [1.82, 2.24) is 9.97 Å². The van der Waals surface area contributed by atoms with Crippen LogP contribution in [0.5, 0.6) is 0 Å². The number of aromatic amines is 1. The van der Waals surface area contributed by atoms with Crippen LogP contribution in [-0.4, -0.2) is 15.7 Å². The minimum absolute atomic E-state index is 0.0660. The van der Waals surface area contributed by atoms with Gasteiger partial charge in [0.25, 0.3) is 5.56 Å². The van der Waals surface area contributed by atoms with E-state index in [0.717, 1.165) is 17.9 Å². The Labute approximate surface area is 101 Å². The SMILES string of the molecule is Cc1nc(C2CCCCS2)[nH]c(=O)c1Br. The molecule has 3 nitrogen and oxygen atoms in total. The lowest BCUT2D eigenvalue weighted by Gasteiger charge is -2.20. The number of hydrogen-bond acceptors (Lipinski definition) is 3. The number of nitrogens with zero attached hydrogens (tertiary/aromatic N) is 1. The van der Waals surface area contributed by atoms with Crippen LogP contribution in [0, 0.1) is 6.92 Å². The van der Waals surface area contributed by atoms with Crippen LogP contribution in [0.1, 0.15) is 36.0 Å². The third-order valence-corrected chi connectivity index (χ3v) is 4.85. The van der Waals surface area contributed by atoms with E-state index >= 15 is 0 Å². The average Bonchev–Trinajstić information content (AvgIpc) is 2.26. The van der Waals surface area contributed by atoms with Crippen molar-refractivity contribution >= 4 is 27.7 Å². The molecule has 0 saturated carbocycles. The van der Waals surface area contributed by atoms with Crippen LogP contribution in [0.15, 0.2) is 9.27 Å². The largest absolute Gasteiger partial charge is 0.309 e. The molecule has 0 bridgehead atoms. The second-order valence-electron chi connectivity index (χ2n) is 3.71. The van der Waals surface area contributed by atoms with Crippen molar-refractivity contribution in [3.8, 4) is 0 Å². The molecule has 1 aliphatic rings. The summed E-state index contributed by atoms with van der Waals surface area (Å²) in [5.41, 5.74) is 0.712. The summed E-state index contributed by atoms with van der Waals surface area (Å²) < 4.78 is 0.548. The zero-order chi connectivity index (χ0) is 10.8.